The summed E-state index contributed by atoms with van der Waals surface area (Å²) >= 11 is 1.38. The van der Waals surface area contributed by atoms with Gasteiger partial charge in [0, 0.05) is 12.1 Å². The van der Waals surface area contributed by atoms with Gasteiger partial charge in [0.2, 0.25) is 0 Å². The van der Waals surface area contributed by atoms with Crippen LogP contribution in [0.25, 0.3) is 0 Å². The summed E-state index contributed by atoms with van der Waals surface area (Å²) < 4.78 is 13.1. The van der Waals surface area contributed by atoms with Crippen LogP contribution < -0.4 is 9.47 Å². The zero-order chi connectivity index (χ0) is 19.9. The molecule has 0 saturated heterocycles. The van der Waals surface area contributed by atoms with Gasteiger partial charge in [-0.05, 0) is 38.1 Å². The topological polar surface area (TPSA) is 66.2 Å². The molecule has 0 bridgehead atoms. The molecule has 0 fully saturated rings. The molecule has 3 rings (SSSR count). The molecule has 1 aromatic heterocycles. The number of nitrogens with zero attached hydrogens (tertiary/aromatic N) is 3. The number of carbonyl (C=O) groups is 1. The Morgan fingerprint density at radius 3 is 2.57 bits per heavy atom. The summed E-state index contributed by atoms with van der Waals surface area (Å²) in [4.78, 5) is 12.5. The number of benzene rings is 2. The van der Waals surface area contributed by atoms with Crippen LogP contribution in [0.2, 0.25) is 0 Å². The molecule has 6 nitrogen and oxygen atoms in total. The van der Waals surface area contributed by atoms with Crippen molar-refractivity contribution >= 4 is 17.5 Å². The van der Waals surface area contributed by atoms with Gasteiger partial charge in [0.1, 0.15) is 11.5 Å². The number of ketones is 1. The molecule has 0 amide bonds. The van der Waals surface area contributed by atoms with Crippen molar-refractivity contribution in [3.8, 4) is 11.5 Å². The van der Waals surface area contributed by atoms with E-state index in [9.17, 15) is 4.79 Å². The third-order valence-corrected chi connectivity index (χ3v) is 5.17. The lowest BCUT2D eigenvalue weighted by atomic mass is 10.1. The lowest BCUT2D eigenvalue weighted by molar-refractivity contribution is 0.102. The summed E-state index contributed by atoms with van der Waals surface area (Å²) in [6, 6.07) is 16.8. The Morgan fingerprint density at radius 1 is 1.11 bits per heavy atom. The Labute approximate surface area is 168 Å². The van der Waals surface area contributed by atoms with Crippen molar-refractivity contribution in [2.75, 3.05) is 12.9 Å². The van der Waals surface area contributed by atoms with E-state index >= 15 is 0 Å². The average Bonchev–Trinajstić information content (AvgIpc) is 3.15. The molecule has 146 valence electrons. The molecule has 7 heteroatoms. The summed E-state index contributed by atoms with van der Waals surface area (Å²) in [5, 5.41) is 9.27. The van der Waals surface area contributed by atoms with Crippen LogP contribution >= 0.6 is 11.8 Å². The fourth-order valence-corrected chi connectivity index (χ4v) is 3.67. The predicted molar refractivity (Wildman–Crippen MR) is 109 cm³/mol. The number of ether oxygens (including phenoxy) is 2. The van der Waals surface area contributed by atoms with Crippen molar-refractivity contribution in [1.82, 2.24) is 14.8 Å². The Balaban J connectivity index is 1.68. The van der Waals surface area contributed by atoms with Crippen molar-refractivity contribution in [2.24, 2.45) is 0 Å². The van der Waals surface area contributed by atoms with Crippen LogP contribution in [0.5, 0.6) is 11.5 Å². The van der Waals surface area contributed by atoms with Crippen LogP contribution in [0.4, 0.5) is 0 Å². The molecule has 0 spiro atoms. The van der Waals surface area contributed by atoms with Gasteiger partial charge in [-0.15, -0.1) is 10.2 Å². The molecule has 0 aliphatic heterocycles. The van der Waals surface area contributed by atoms with Gasteiger partial charge in [-0.1, -0.05) is 42.1 Å². The second-order valence-corrected chi connectivity index (χ2v) is 7.04. The monoisotopic (exact) mass is 397 g/mol. The summed E-state index contributed by atoms with van der Waals surface area (Å²) in [6.07, 6.45) is -0.252. The average molecular weight is 398 g/mol. The Bertz CT molecular complexity index is 928. The van der Waals surface area contributed by atoms with Gasteiger partial charge in [0.15, 0.2) is 22.9 Å². The molecule has 0 aliphatic rings. The predicted octanol–water partition coefficient (Wildman–Crippen LogP) is 4.42. The number of hydrogen-bond donors (Lipinski definition) is 0. The third-order valence-electron chi connectivity index (χ3n) is 4.21. The Morgan fingerprint density at radius 2 is 1.86 bits per heavy atom. The van der Waals surface area contributed by atoms with Crippen LogP contribution in [0, 0.1) is 0 Å². The van der Waals surface area contributed by atoms with Gasteiger partial charge < -0.3 is 14.0 Å². The zero-order valence-corrected chi connectivity index (χ0v) is 17.0. The number of aromatic nitrogens is 3. The lowest BCUT2D eigenvalue weighted by Gasteiger charge is -2.15. The standard InChI is InChI=1S/C21H23N3O3S/c1-4-24-20(15(2)27-17-10-6-5-7-11-17)22-23-21(24)28-14-19(25)16-9-8-12-18(13-16)26-3/h5-13,15H,4,14H2,1-3H3/t15-/m1/s1. The third kappa shape index (κ3) is 4.72. The van der Waals surface area contributed by atoms with Crippen molar-refractivity contribution in [2.45, 2.75) is 31.7 Å². The Kier molecular flexibility index (Phi) is 6.71. The van der Waals surface area contributed by atoms with Crippen molar-refractivity contribution in [1.29, 1.82) is 0 Å². The number of carbonyl (C=O) groups excluding carboxylic acids is 1. The van der Waals surface area contributed by atoms with Gasteiger partial charge in [0.25, 0.3) is 0 Å². The van der Waals surface area contributed by atoms with Crippen LogP contribution in [0.1, 0.15) is 36.1 Å². The minimum atomic E-state index is -0.252. The summed E-state index contributed by atoms with van der Waals surface area (Å²) in [5.41, 5.74) is 0.621. The van der Waals surface area contributed by atoms with Crippen molar-refractivity contribution < 1.29 is 14.3 Å². The van der Waals surface area contributed by atoms with E-state index in [-0.39, 0.29) is 17.6 Å². The first-order valence-corrected chi connectivity index (χ1v) is 10.1. The molecule has 28 heavy (non-hydrogen) atoms. The highest BCUT2D eigenvalue weighted by Gasteiger charge is 2.19. The number of thioether (sulfide) groups is 1. The Hall–Kier alpha value is -2.80. The first-order chi connectivity index (χ1) is 13.6. The summed E-state index contributed by atoms with van der Waals surface area (Å²) in [7, 11) is 1.59. The van der Waals surface area contributed by atoms with Gasteiger partial charge in [0.05, 0.1) is 12.9 Å². The maximum atomic E-state index is 12.5. The zero-order valence-electron chi connectivity index (χ0n) is 16.2. The second-order valence-electron chi connectivity index (χ2n) is 6.10. The van der Waals surface area contributed by atoms with Crippen LogP contribution in [0.15, 0.2) is 59.8 Å². The fourth-order valence-electron chi connectivity index (χ4n) is 2.77. The minimum absolute atomic E-state index is 0.0182. The maximum absolute atomic E-state index is 12.5. The van der Waals surface area contributed by atoms with E-state index in [0.29, 0.717) is 23.0 Å². The van der Waals surface area contributed by atoms with E-state index in [1.165, 1.54) is 11.8 Å². The van der Waals surface area contributed by atoms with Gasteiger partial charge >= 0.3 is 0 Å². The van der Waals surface area contributed by atoms with Gasteiger partial charge in [-0.2, -0.15) is 0 Å². The molecule has 0 N–H and O–H groups in total. The smallest absolute Gasteiger partial charge is 0.191 e. The largest absolute Gasteiger partial charge is 0.497 e. The molecule has 0 radical (unpaired) electrons. The van der Waals surface area contributed by atoms with E-state index in [2.05, 4.69) is 10.2 Å². The van der Waals surface area contributed by atoms with Crippen LogP contribution in [0.3, 0.4) is 0 Å². The first-order valence-electron chi connectivity index (χ1n) is 9.07. The molecule has 1 heterocycles. The van der Waals surface area contributed by atoms with E-state index in [1.54, 1.807) is 19.2 Å². The highest BCUT2D eigenvalue weighted by atomic mass is 32.2. The SMILES string of the molecule is CCn1c(SCC(=O)c2cccc(OC)c2)nnc1[C@@H](C)Oc1ccccc1. The van der Waals surface area contributed by atoms with E-state index in [1.807, 2.05) is 60.9 Å². The van der Waals surface area contributed by atoms with E-state index < -0.39 is 0 Å². The normalized spacial score (nSPS) is 11.8. The van der Waals surface area contributed by atoms with E-state index in [4.69, 9.17) is 9.47 Å². The number of rotatable bonds is 9. The van der Waals surface area contributed by atoms with Gasteiger partial charge in [-0.3, -0.25) is 4.79 Å². The summed E-state index contributed by atoms with van der Waals surface area (Å²) in [6.45, 7) is 4.66. The lowest BCUT2D eigenvalue weighted by Crippen LogP contribution is -2.12. The first kappa shape index (κ1) is 19.9. The van der Waals surface area contributed by atoms with E-state index in [0.717, 1.165) is 11.6 Å². The molecule has 2 aromatic carbocycles. The number of para-hydroxylation sites is 1. The highest BCUT2D eigenvalue weighted by molar-refractivity contribution is 7.99. The van der Waals surface area contributed by atoms with Crippen LogP contribution in [-0.4, -0.2) is 33.4 Å². The van der Waals surface area contributed by atoms with Crippen LogP contribution in [-0.2, 0) is 6.54 Å². The van der Waals surface area contributed by atoms with Crippen molar-refractivity contribution in [3.05, 3.63) is 66.0 Å². The minimum Gasteiger partial charge on any atom is -0.497 e. The summed E-state index contributed by atoms with van der Waals surface area (Å²) in [5.74, 6) is 2.48. The number of methoxy groups -OCH3 is 1. The second kappa shape index (κ2) is 9.41. The molecule has 3 aromatic rings. The molecular formula is C21H23N3O3S. The highest BCUT2D eigenvalue weighted by Crippen LogP contribution is 2.25. The molecule has 0 aliphatic carbocycles. The molecule has 1 atom stereocenters. The van der Waals surface area contributed by atoms with Crippen molar-refractivity contribution in [3.63, 3.8) is 0 Å². The fraction of sp³-hybridized carbons (Fsp3) is 0.286. The maximum Gasteiger partial charge on any atom is 0.191 e. The molecule has 0 unspecified atom stereocenters. The van der Waals surface area contributed by atoms with Gasteiger partial charge in [-0.25, -0.2) is 0 Å². The molecule has 0 saturated carbocycles. The number of hydrogen-bond acceptors (Lipinski definition) is 6. The molecular weight excluding hydrogens is 374 g/mol. The quantitative estimate of drug-likeness (QED) is 0.393. The number of Topliss-reactive ketones (excluding diaryl/α,β-unsaturated/α-hetero) is 1.